The molecule has 3 nitrogen and oxygen atoms in total. The number of ether oxygens (including phenoxy) is 1. The second kappa shape index (κ2) is 4.57. The Bertz CT molecular complexity index is 743. The van der Waals surface area contributed by atoms with E-state index in [2.05, 4.69) is 4.98 Å². The summed E-state index contributed by atoms with van der Waals surface area (Å²) in [6.45, 7) is 0. The highest BCUT2D eigenvalue weighted by Gasteiger charge is 2.09. The van der Waals surface area contributed by atoms with Crippen molar-refractivity contribution < 1.29 is 9.13 Å². The molecule has 0 bridgehead atoms. The number of para-hydroxylation sites is 1. The fraction of sp³-hybridized carbons (Fsp3) is 0. The van der Waals surface area contributed by atoms with Crippen molar-refractivity contribution in [3.05, 3.63) is 60.5 Å². The third kappa shape index (κ3) is 2.08. The molecule has 0 unspecified atom stereocenters. The highest BCUT2D eigenvalue weighted by molar-refractivity contribution is 5.93. The van der Waals surface area contributed by atoms with E-state index in [1.54, 1.807) is 42.6 Å². The first-order valence-corrected chi connectivity index (χ1v) is 5.81. The molecular formula is C15H11FN2O. The van der Waals surface area contributed by atoms with Gasteiger partial charge in [0.1, 0.15) is 5.75 Å². The van der Waals surface area contributed by atoms with E-state index in [0.29, 0.717) is 17.0 Å². The number of hydrogen-bond acceptors (Lipinski definition) is 3. The van der Waals surface area contributed by atoms with Crippen molar-refractivity contribution in [3.63, 3.8) is 0 Å². The van der Waals surface area contributed by atoms with Gasteiger partial charge < -0.3 is 10.5 Å². The molecule has 0 fully saturated rings. The SMILES string of the molecule is Nc1ccc(Oc2ccccc2F)c2cccnc12. The molecule has 1 aromatic heterocycles. The summed E-state index contributed by atoms with van der Waals surface area (Å²) in [6, 6.07) is 13.3. The minimum Gasteiger partial charge on any atom is -0.454 e. The largest absolute Gasteiger partial charge is 0.454 e. The molecule has 3 rings (SSSR count). The number of fused-ring (bicyclic) bond motifs is 1. The minimum absolute atomic E-state index is 0.178. The van der Waals surface area contributed by atoms with Crippen molar-refractivity contribution in [1.82, 2.24) is 4.98 Å². The fourth-order valence-corrected chi connectivity index (χ4v) is 1.90. The van der Waals surface area contributed by atoms with Crippen LogP contribution in [0.2, 0.25) is 0 Å². The van der Waals surface area contributed by atoms with Gasteiger partial charge in [-0.2, -0.15) is 0 Å². The highest BCUT2D eigenvalue weighted by atomic mass is 19.1. The van der Waals surface area contributed by atoms with E-state index in [1.807, 2.05) is 6.07 Å². The summed E-state index contributed by atoms with van der Waals surface area (Å²) in [6.07, 6.45) is 1.66. The Kier molecular flexibility index (Phi) is 2.76. The summed E-state index contributed by atoms with van der Waals surface area (Å²) in [5, 5.41) is 0.755. The second-order valence-corrected chi connectivity index (χ2v) is 4.08. The average molecular weight is 254 g/mol. The summed E-state index contributed by atoms with van der Waals surface area (Å²) >= 11 is 0. The van der Waals surface area contributed by atoms with Crippen molar-refractivity contribution in [2.24, 2.45) is 0 Å². The van der Waals surface area contributed by atoms with Gasteiger partial charge in [-0.3, -0.25) is 4.98 Å². The third-order valence-electron chi connectivity index (χ3n) is 2.82. The quantitative estimate of drug-likeness (QED) is 0.708. The zero-order chi connectivity index (χ0) is 13.2. The van der Waals surface area contributed by atoms with E-state index < -0.39 is 5.82 Å². The topological polar surface area (TPSA) is 48.1 Å². The average Bonchev–Trinajstić information content (AvgIpc) is 2.44. The molecule has 94 valence electrons. The summed E-state index contributed by atoms with van der Waals surface area (Å²) in [5.74, 6) is 0.302. The monoisotopic (exact) mass is 254 g/mol. The number of nitrogens with zero attached hydrogens (tertiary/aromatic N) is 1. The van der Waals surface area contributed by atoms with Gasteiger partial charge in [0, 0.05) is 11.6 Å². The predicted molar refractivity (Wildman–Crippen MR) is 72.6 cm³/mol. The van der Waals surface area contributed by atoms with E-state index in [0.717, 1.165) is 5.39 Å². The Balaban J connectivity index is 2.12. The van der Waals surface area contributed by atoms with Crippen LogP contribution in [0.1, 0.15) is 0 Å². The van der Waals surface area contributed by atoms with Crippen molar-refractivity contribution in [1.29, 1.82) is 0 Å². The van der Waals surface area contributed by atoms with Crippen LogP contribution in [0.5, 0.6) is 11.5 Å². The lowest BCUT2D eigenvalue weighted by Crippen LogP contribution is -1.93. The van der Waals surface area contributed by atoms with E-state index >= 15 is 0 Å². The van der Waals surface area contributed by atoms with Crippen molar-refractivity contribution in [2.75, 3.05) is 5.73 Å². The molecule has 2 N–H and O–H groups in total. The molecule has 0 aliphatic heterocycles. The Morgan fingerprint density at radius 3 is 2.63 bits per heavy atom. The van der Waals surface area contributed by atoms with Gasteiger partial charge in [0.2, 0.25) is 0 Å². The van der Waals surface area contributed by atoms with Crippen LogP contribution in [0, 0.1) is 5.82 Å². The number of benzene rings is 2. The molecule has 0 radical (unpaired) electrons. The fourth-order valence-electron chi connectivity index (χ4n) is 1.90. The highest BCUT2D eigenvalue weighted by Crippen LogP contribution is 2.32. The lowest BCUT2D eigenvalue weighted by atomic mass is 10.1. The van der Waals surface area contributed by atoms with E-state index in [4.69, 9.17) is 10.5 Å². The Labute approximate surface area is 109 Å². The van der Waals surface area contributed by atoms with Gasteiger partial charge in [-0.05, 0) is 36.4 Å². The zero-order valence-electron chi connectivity index (χ0n) is 10.0. The first-order valence-electron chi connectivity index (χ1n) is 5.81. The van der Waals surface area contributed by atoms with Gasteiger partial charge in [-0.15, -0.1) is 0 Å². The van der Waals surface area contributed by atoms with Crippen LogP contribution in [0.4, 0.5) is 10.1 Å². The van der Waals surface area contributed by atoms with Crippen LogP contribution < -0.4 is 10.5 Å². The number of halogens is 1. The van der Waals surface area contributed by atoms with Gasteiger partial charge in [0.05, 0.1) is 11.2 Å². The summed E-state index contributed by atoms with van der Waals surface area (Å²) < 4.78 is 19.2. The number of nitrogen functional groups attached to an aromatic ring is 1. The normalized spacial score (nSPS) is 10.6. The Morgan fingerprint density at radius 1 is 0.947 bits per heavy atom. The van der Waals surface area contributed by atoms with Gasteiger partial charge in [0.15, 0.2) is 11.6 Å². The molecule has 0 atom stereocenters. The summed E-state index contributed by atoms with van der Waals surface area (Å²) in [5.41, 5.74) is 7.07. The lowest BCUT2D eigenvalue weighted by molar-refractivity contribution is 0.446. The van der Waals surface area contributed by atoms with Crippen LogP contribution in [-0.2, 0) is 0 Å². The van der Waals surface area contributed by atoms with Gasteiger partial charge in [0.25, 0.3) is 0 Å². The molecule has 19 heavy (non-hydrogen) atoms. The van der Waals surface area contributed by atoms with Crippen molar-refractivity contribution >= 4 is 16.6 Å². The maximum atomic E-state index is 13.6. The summed E-state index contributed by atoms with van der Waals surface area (Å²) in [7, 11) is 0. The number of nitrogens with two attached hydrogens (primary N) is 1. The van der Waals surface area contributed by atoms with Crippen LogP contribution in [-0.4, -0.2) is 4.98 Å². The number of hydrogen-bond donors (Lipinski definition) is 1. The van der Waals surface area contributed by atoms with Gasteiger partial charge in [-0.25, -0.2) is 4.39 Å². The molecule has 0 spiro atoms. The first kappa shape index (κ1) is 11.5. The molecular weight excluding hydrogens is 243 g/mol. The third-order valence-corrected chi connectivity index (χ3v) is 2.82. The maximum absolute atomic E-state index is 13.6. The Hall–Kier alpha value is -2.62. The molecule has 0 saturated carbocycles. The lowest BCUT2D eigenvalue weighted by Gasteiger charge is -2.10. The molecule has 2 aromatic carbocycles. The standard InChI is InChI=1S/C15H11FN2O/c16-11-5-1-2-6-14(11)19-13-8-7-12(17)15-10(13)4-3-9-18-15/h1-9H,17H2. The van der Waals surface area contributed by atoms with Crippen molar-refractivity contribution in [2.45, 2.75) is 0 Å². The van der Waals surface area contributed by atoms with Gasteiger partial charge in [-0.1, -0.05) is 12.1 Å². The van der Waals surface area contributed by atoms with Crippen LogP contribution in [0.3, 0.4) is 0 Å². The first-order chi connectivity index (χ1) is 9.25. The maximum Gasteiger partial charge on any atom is 0.165 e. The smallest absolute Gasteiger partial charge is 0.165 e. The molecule has 4 heteroatoms. The number of rotatable bonds is 2. The van der Waals surface area contributed by atoms with Gasteiger partial charge >= 0.3 is 0 Å². The zero-order valence-corrected chi connectivity index (χ0v) is 10.0. The number of aromatic nitrogens is 1. The molecule has 0 saturated heterocycles. The van der Waals surface area contributed by atoms with Crippen LogP contribution >= 0.6 is 0 Å². The Morgan fingerprint density at radius 2 is 1.79 bits per heavy atom. The van der Waals surface area contributed by atoms with Crippen LogP contribution in [0.25, 0.3) is 10.9 Å². The molecule has 0 aliphatic carbocycles. The van der Waals surface area contributed by atoms with E-state index in [9.17, 15) is 4.39 Å². The minimum atomic E-state index is -0.406. The van der Waals surface area contributed by atoms with Crippen LogP contribution in [0.15, 0.2) is 54.7 Å². The summed E-state index contributed by atoms with van der Waals surface area (Å²) in [4.78, 5) is 4.21. The molecule has 1 heterocycles. The molecule has 0 aliphatic rings. The molecule has 0 amide bonds. The molecule has 3 aromatic rings. The number of anilines is 1. The van der Waals surface area contributed by atoms with E-state index in [-0.39, 0.29) is 5.75 Å². The predicted octanol–water partition coefficient (Wildman–Crippen LogP) is 3.75. The second-order valence-electron chi connectivity index (χ2n) is 4.08. The van der Waals surface area contributed by atoms with E-state index in [1.165, 1.54) is 6.07 Å². The van der Waals surface area contributed by atoms with Crippen molar-refractivity contribution in [3.8, 4) is 11.5 Å². The number of pyridine rings is 1.